The lowest BCUT2D eigenvalue weighted by molar-refractivity contribution is 0.102. The van der Waals surface area contributed by atoms with Gasteiger partial charge in [0.2, 0.25) is 0 Å². The smallest absolute Gasteiger partial charge is 0.261 e. The molecule has 2 fully saturated rings. The Bertz CT molecular complexity index is 1780. The Morgan fingerprint density at radius 1 is 0.857 bits per heavy atom. The average Bonchev–Trinajstić information content (AvgIpc) is 3.63. The number of fused-ring (bicyclic) bond motifs is 7. The molecule has 3 aliphatic rings. The van der Waals surface area contributed by atoms with E-state index in [1.807, 2.05) is 12.1 Å². The van der Waals surface area contributed by atoms with Crippen molar-refractivity contribution in [3.05, 3.63) is 118 Å². The monoisotopic (exact) mass is 617 g/mol. The van der Waals surface area contributed by atoms with Gasteiger partial charge in [0.15, 0.2) is 0 Å². The number of amides is 1. The second-order valence-corrected chi connectivity index (χ2v) is 13.9. The maximum Gasteiger partial charge on any atom is 0.261 e. The van der Waals surface area contributed by atoms with Gasteiger partial charge in [-0.15, -0.1) is 0 Å². The second-order valence-electron chi connectivity index (χ2n) is 11.5. The van der Waals surface area contributed by atoms with Crippen LogP contribution in [0.5, 0.6) is 0 Å². The molecule has 0 aromatic heterocycles. The fraction of sp³-hybridized carbons (Fsp3) is 0.242. The number of halogens is 2. The molecule has 2 aliphatic carbocycles. The maximum absolute atomic E-state index is 13.3. The molecular weight excluding hydrogens is 589 g/mol. The SMILES string of the molecule is O=C(Nc1ccc(S(=O)(=O)Nc2cccc(Cl)c2Cl)cc1)c1ccc2c(c1)[C@@H]1[C@H]3CC[C@@H](C3)[C@@H]1[C@@H](c1ccccc1)N2. The summed E-state index contributed by atoms with van der Waals surface area (Å²) in [4.78, 5) is 13.4. The maximum atomic E-state index is 13.3. The fourth-order valence-electron chi connectivity index (χ4n) is 7.32. The first kappa shape index (κ1) is 27.3. The summed E-state index contributed by atoms with van der Waals surface area (Å²) in [5.41, 5.74) is 4.94. The molecule has 0 radical (unpaired) electrons. The first-order valence-electron chi connectivity index (χ1n) is 14.1. The fourth-order valence-corrected chi connectivity index (χ4v) is 8.80. The zero-order chi connectivity index (χ0) is 29.0. The van der Waals surface area contributed by atoms with Gasteiger partial charge in [0.05, 0.1) is 26.7 Å². The van der Waals surface area contributed by atoms with Gasteiger partial charge in [0, 0.05) is 16.9 Å². The number of hydrogen-bond donors (Lipinski definition) is 3. The first-order valence-corrected chi connectivity index (χ1v) is 16.4. The Balaban J connectivity index is 1.10. The van der Waals surface area contributed by atoms with Crippen molar-refractivity contribution in [3.8, 4) is 0 Å². The van der Waals surface area contributed by atoms with Crippen molar-refractivity contribution in [1.82, 2.24) is 0 Å². The predicted molar refractivity (Wildman–Crippen MR) is 168 cm³/mol. The molecule has 214 valence electrons. The van der Waals surface area contributed by atoms with Gasteiger partial charge in [-0.05, 0) is 109 Å². The van der Waals surface area contributed by atoms with Gasteiger partial charge in [-0.25, -0.2) is 8.42 Å². The highest BCUT2D eigenvalue weighted by molar-refractivity contribution is 7.92. The molecule has 2 saturated carbocycles. The van der Waals surface area contributed by atoms with E-state index in [4.69, 9.17) is 23.2 Å². The van der Waals surface area contributed by atoms with Crippen molar-refractivity contribution in [2.75, 3.05) is 15.4 Å². The molecule has 9 heteroatoms. The molecule has 0 saturated heterocycles. The van der Waals surface area contributed by atoms with Crippen molar-refractivity contribution in [2.45, 2.75) is 36.1 Å². The van der Waals surface area contributed by atoms with Crippen LogP contribution >= 0.6 is 23.2 Å². The summed E-state index contributed by atoms with van der Waals surface area (Å²) in [6, 6.07) is 27.7. The van der Waals surface area contributed by atoms with Gasteiger partial charge in [-0.1, -0.05) is 59.6 Å². The Morgan fingerprint density at radius 3 is 2.40 bits per heavy atom. The minimum absolute atomic E-state index is 0.0340. The molecule has 4 aromatic rings. The third kappa shape index (κ3) is 4.83. The van der Waals surface area contributed by atoms with Crippen LogP contribution in [0.25, 0.3) is 0 Å². The predicted octanol–water partition coefficient (Wildman–Crippen LogP) is 8.34. The molecule has 3 N–H and O–H groups in total. The molecular formula is C33H29Cl2N3O3S. The Hall–Kier alpha value is -3.52. The number of hydrogen-bond acceptors (Lipinski definition) is 4. The van der Waals surface area contributed by atoms with Gasteiger partial charge in [-0.3, -0.25) is 9.52 Å². The number of benzene rings is 4. The second kappa shape index (κ2) is 10.6. The average molecular weight is 619 g/mol. The summed E-state index contributed by atoms with van der Waals surface area (Å²) in [5, 5.41) is 7.12. The largest absolute Gasteiger partial charge is 0.378 e. The van der Waals surface area contributed by atoms with Crippen molar-refractivity contribution >= 4 is 56.2 Å². The van der Waals surface area contributed by atoms with Gasteiger partial charge < -0.3 is 10.6 Å². The van der Waals surface area contributed by atoms with Crippen LogP contribution in [0.3, 0.4) is 0 Å². The Morgan fingerprint density at radius 2 is 1.62 bits per heavy atom. The van der Waals surface area contributed by atoms with Crippen LogP contribution in [0.2, 0.25) is 10.0 Å². The van der Waals surface area contributed by atoms with Crippen LogP contribution in [0, 0.1) is 17.8 Å². The third-order valence-corrected chi connectivity index (χ3v) is 11.3. The Labute approximate surface area is 255 Å². The lowest BCUT2D eigenvalue weighted by Crippen LogP contribution is -2.35. The van der Waals surface area contributed by atoms with Crippen LogP contribution in [-0.4, -0.2) is 14.3 Å². The molecule has 1 aliphatic heterocycles. The topological polar surface area (TPSA) is 87.3 Å². The quantitative estimate of drug-likeness (QED) is 0.203. The number of anilines is 3. The summed E-state index contributed by atoms with van der Waals surface area (Å²) in [6.07, 6.45) is 3.78. The summed E-state index contributed by atoms with van der Waals surface area (Å²) >= 11 is 12.2. The number of nitrogens with one attached hydrogen (secondary N) is 3. The van der Waals surface area contributed by atoms with Crippen molar-refractivity contribution in [1.29, 1.82) is 0 Å². The molecule has 42 heavy (non-hydrogen) atoms. The molecule has 0 spiro atoms. The molecule has 1 heterocycles. The van der Waals surface area contributed by atoms with E-state index < -0.39 is 10.0 Å². The lowest BCUT2D eigenvalue weighted by Gasteiger charge is -2.43. The van der Waals surface area contributed by atoms with E-state index in [9.17, 15) is 13.2 Å². The minimum Gasteiger partial charge on any atom is -0.378 e. The number of carbonyl (C=O) groups excluding carboxylic acids is 1. The standard InChI is InChI=1S/C33H29Cl2N3O3S/c34-26-7-4-8-28(31(26)35)38-42(40,41)24-14-12-23(13-15-24)36-33(39)22-11-16-27-25(18-22)29-20-9-10-21(17-20)30(29)32(37-27)19-5-2-1-3-6-19/h1-8,11-16,18,20-21,29-30,32,37-38H,9-10,17H2,(H,36,39)/t20-,21-,29-,30-,32+/m0/s1. The highest BCUT2D eigenvalue weighted by Crippen LogP contribution is 2.63. The van der Waals surface area contributed by atoms with E-state index in [0.717, 1.165) is 5.69 Å². The molecule has 0 unspecified atom stereocenters. The van der Waals surface area contributed by atoms with Gasteiger partial charge in [-0.2, -0.15) is 0 Å². The van der Waals surface area contributed by atoms with Gasteiger partial charge >= 0.3 is 0 Å². The summed E-state index contributed by atoms with van der Waals surface area (Å²) in [6.45, 7) is 0. The van der Waals surface area contributed by atoms with Gasteiger partial charge in [0.25, 0.3) is 15.9 Å². The van der Waals surface area contributed by atoms with Crippen molar-refractivity contribution in [3.63, 3.8) is 0 Å². The van der Waals surface area contributed by atoms with E-state index in [0.29, 0.717) is 34.9 Å². The Kier molecular flexibility index (Phi) is 6.92. The molecule has 1 amide bonds. The summed E-state index contributed by atoms with van der Waals surface area (Å²) in [7, 11) is -3.91. The van der Waals surface area contributed by atoms with Crippen LogP contribution in [0.15, 0.2) is 95.9 Å². The third-order valence-electron chi connectivity index (χ3n) is 9.13. The van der Waals surface area contributed by atoms with Gasteiger partial charge in [0.1, 0.15) is 0 Å². The highest BCUT2D eigenvalue weighted by atomic mass is 35.5. The number of rotatable bonds is 6. The van der Waals surface area contributed by atoms with Crippen LogP contribution in [0.4, 0.5) is 17.1 Å². The van der Waals surface area contributed by atoms with Crippen LogP contribution in [-0.2, 0) is 10.0 Å². The highest BCUT2D eigenvalue weighted by Gasteiger charge is 2.53. The normalized spacial score (nSPS) is 23.9. The zero-order valence-electron chi connectivity index (χ0n) is 22.6. The van der Waals surface area contributed by atoms with Crippen molar-refractivity contribution < 1.29 is 13.2 Å². The summed E-state index contributed by atoms with van der Waals surface area (Å²) in [5.74, 6) is 2.06. The molecule has 7 rings (SSSR count). The van der Waals surface area contributed by atoms with Crippen LogP contribution < -0.4 is 15.4 Å². The van der Waals surface area contributed by atoms with E-state index in [1.54, 1.807) is 24.3 Å². The number of carbonyl (C=O) groups is 1. The molecule has 4 aromatic carbocycles. The van der Waals surface area contributed by atoms with Crippen molar-refractivity contribution in [2.24, 2.45) is 17.8 Å². The molecule has 2 bridgehead atoms. The number of sulfonamides is 1. The van der Waals surface area contributed by atoms with E-state index in [1.165, 1.54) is 48.6 Å². The summed E-state index contributed by atoms with van der Waals surface area (Å²) < 4.78 is 28.3. The van der Waals surface area contributed by atoms with Crippen LogP contribution in [0.1, 0.15) is 52.7 Å². The molecule has 5 atom stereocenters. The first-order chi connectivity index (χ1) is 20.3. The van der Waals surface area contributed by atoms with E-state index in [2.05, 4.69) is 51.8 Å². The molecule has 6 nitrogen and oxygen atoms in total. The lowest BCUT2D eigenvalue weighted by atomic mass is 9.68. The van der Waals surface area contributed by atoms with E-state index in [-0.39, 0.29) is 32.6 Å². The van der Waals surface area contributed by atoms with E-state index >= 15 is 0 Å². The zero-order valence-corrected chi connectivity index (χ0v) is 24.9. The minimum atomic E-state index is -3.91.